The first-order valence-electron chi connectivity index (χ1n) is 5.70. The molecule has 0 aromatic rings. The SMILES string of the molecule is CCC(=O)OC(C)CC(=O)ON1C(=O)CCC1=O. The Kier molecular flexibility index (Phi) is 4.82. The Morgan fingerprint density at radius 2 is 1.78 bits per heavy atom. The van der Waals surface area contributed by atoms with E-state index >= 15 is 0 Å². The zero-order chi connectivity index (χ0) is 13.7. The lowest BCUT2D eigenvalue weighted by molar-refractivity contribution is -0.199. The molecule has 0 aliphatic carbocycles. The molecule has 0 aromatic carbocycles. The molecule has 1 atom stereocenters. The highest BCUT2D eigenvalue weighted by Crippen LogP contribution is 2.13. The smallest absolute Gasteiger partial charge is 0.336 e. The van der Waals surface area contributed by atoms with E-state index in [1.54, 1.807) is 6.92 Å². The van der Waals surface area contributed by atoms with Gasteiger partial charge in [-0.1, -0.05) is 6.92 Å². The Hall–Kier alpha value is -1.92. The molecule has 1 rings (SSSR count). The Morgan fingerprint density at radius 3 is 2.28 bits per heavy atom. The minimum Gasteiger partial charge on any atom is -0.462 e. The van der Waals surface area contributed by atoms with Crippen LogP contribution in [0.15, 0.2) is 0 Å². The summed E-state index contributed by atoms with van der Waals surface area (Å²) in [5.41, 5.74) is 0. The number of nitrogens with zero attached hydrogens (tertiary/aromatic N) is 1. The van der Waals surface area contributed by atoms with E-state index in [1.807, 2.05) is 0 Å². The number of carbonyl (C=O) groups is 4. The maximum Gasteiger partial charge on any atom is 0.336 e. The largest absolute Gasteiger partial charge is 0.462 e. The second kappa shape index (κ2) is 6.13. The number of hydrogen-bond donors (Lipinski definition) is 0. The van der Waals surface area contributed by atoms with Gasteiger partial charge in [-0.2, -0.15) is 0 Å². The highest BCUT2D eigenvalue weighted by atomic mass is 16.7. The van der Waals surface area contributed by atoms with Gasteiger partial charge in [-0.15, -0.1) is 5.06 Å². The lowest BCUT2D eigenvalue weighted by Crippen LogP contribution is -2.33. The van der Waals surface area contributed by atoms with Crippen molar-refractivity contribution in [2.24, 2.45) is 0 Å². The summed E-state index contributed by atoms with van der Waals surface area (Å²) in [4.78, 5) is 49.3. The third kappa shape index (κ3) is 3.83. The number of amides is 2. The topological polar surface area (TPSA) is 90.0 Å². The molecule has 0 saturated carbocycles. The molecule has 1 heterocycles. The summed E-state index contributed by atoms with van der Waals surface area (Å²) in [5.74, 6) is -2.28. The van der Waals surface area contributed by atoms with E-state index < -0.39 is 29.9 Å². The minimum atomic E-state index is -0.782. The van der Waals surface area contributed by atoms with Crippen molar-refractivity contribution in [3.05, 3.63) is 0 Å². The third-order valence-corrected chi connectivity index (χ3v) is 2.27. The predicted octanol–water partition coefficient (Wildman–Crippen LogP) is 0.325. The molecule has 2 amide bonds. The normalized spacial score (nSPS) is 16.7. The number of hydrogen-bond acceptors (Lipinski definition) is 6. The van der Waals surface area contributed by atoms with E-state index in [-0.39, 0.29) is 25.7 Å². The van der Waals surface area contributed by atoms with Crippen LogP contribution < -0.4 is 0 Å². The van der Waals surface area contributed by atoms with Gasteiger partial charge in [-0.25, -0.2) is 4.79 Å². The zero-order valence-electron chi connectivity index (χ0n) is 10.3. The van der Waals surface area contributed by atoms with Crippen molar-refractivity contribution in [2.45, 2.75) is 45.6 Å². The van der Waals surface area contributed by atoms with Crippen LogP contribution in [-0.2, 0) is 28.8 Å². The van der Waals surface area contributed by atoms with Gasteiger partial charge in [0.2, 0.25) is 0 Å². The van der Waals surface area contributed by atoms with Crippen molar-refractivity contribution in [3.8, 4) is 0 Å². The van der Waals surface area contributed by atoms with Gasteiger partial charge < -0.3 is 9.57 Å². The molecule has 1 unspecified atom stereocenters. The number of rotatable bonds is 5. The fourth-order valence-electron chi connectivity index (χ4n) is 1.38. The van der Waals surface area contributed by atoms with Crippen molar-refractivity contribution in [1.29, 1.82) is 0 Å². The van der Waals surface area contributed by atoms with Gasteiger partial charge in [0, 0.05) is 19.3 Å². The molecule has 0 bridgehead atoms. The van der Waals surface area contributed by atoms with Crippen molar-refractivity contribution in [2.75, 3.05) is 0 Å². The van der Waals surface area contributed by atoms with Crippen molar-refractivity contribution in [3.63, 3.8) is 0 Å². The second-order valence-electron chi connectivity index (χ2n) is 3.90. The average molecular weight is 257 g/mol. The Labute approximate surface area is 104 Å². The van der Waals surface area contributed by atoms with E-state index in [0.29, 0.717) is 5.06 Å². The monoisotopic (exact) mass is 257 g/mol. The first-order chi connectivity index (χ1) is 8.43. The Balaban J connectivity index is 2.39. The molecule has 1 aliphatic heterocycles. The maximum absolute atomic E-state index is 11.4. The average Bonchev–Trinajstić information content (AvgIpc) is 2.60. The Bertz CT molecular complexity index is 362. The summed E-state index contributed by atoms with van der Waals surface area (Å²) in [7, 11) is 0. The summed E-state index contributed by atoms with van der Waals surface area (Å²) in [6.45, 7) is 3.16. The van der Waals surface area contributed by atoms with Crippen molar-refractivity contribution >= 4 is 23.8 Å². The summed E-state index contributed by atoms with van der Waals surface area (Å²) >= 11 is 0. The van der Waals surface area contributed by atoms with Crippen LogP contribution in [0.3, 0.4) is 0 Å². The van der Waals surface area contributed by atoms with Crippen LogP contribution in [0.1, 0.15) is 39.5 Å². The molecular formula is C11H15NO6. The molecule has 0 N–H and O–H groups in total. The first kappa shape index (κ1) is 14.1. The van der Waals surface area contributed by atoms with E-state index in [4.69, 9.17) is 4.74 Å². The number of imide groups is 1. The van der Waals surface area contributed by atoms with Gasteiger partial charge >= 0.3 is 11.9 Å². The number of hydroxylamine groups is 2. The zero-order valence-corrected chi connectivity index (χ0v) is 10.3. The summed E-state index contributed by atoms with van der Waals surface area (Å²) in [6, 6.07) is 0. The van der Waals surface area contributed by atoms with Gasteiger partial charge in [-0.3, -0.25) is 14.4 Å². The molecular weight excluding hydrogens is 242 g/mol. The lowest BCUT2D eigenvalue weighted by atomic mass is 10.3. The van der Waals surface area contributed by atoms with Crippen LogP contribution in [0.5, 0.6) is 0 Å². The van der Waals surface area contributed by atoms with E-state index in [2.05, 4.69) is 4.84 Å². The third-order valence-electron chi connectivity index (χ3n) is 2.27. The predicted molar refractivity (Wildman–Crippen MR) is 57.6 cm³/mol. The van der Waals surface area contributed by atoms with E-state index in [9.17, 15) is 19.2 Å². The molecule has 0 radical (unpaired) electrons. The van der Waals surface area contributed by atoms with Gasteiger partial charge in [0.05, 0.1) is 6.42 Å². The summed E-state index contributed by atoms with van der Waals surface area (Å²) in [5, 5.41) is 0.469. The number of ether oxygens (including phenoxy) is 1. The van der Waals surface area contributed by atoms with Crippen molar-refractivity contribution < 1.29 is 28.8 Å². The van der Waals surface area contributed by atoms with Crippen molar-refractivity contribution in [1.82, 2.24) is 5.06 Å². The highest BCUT2D eigenvalue weighted by molar-refractivity contribution is 6.01. The fraction of sp³-hybridized carbons (Fsp3) is 0.636. The van der Waals surface area contributed by atoms with Gasteiger partial charge in [0.15, 0.2) is 0 Å². The number of carbonyl (C=O) groups excluding carboxylic acids is 4. The van der Waals surface area contributed by atoms with Gasteiger partial charge in [0.25, 0.3) is 11.8 Å². The lowest BCUT2D eigenvalue weighted by Gasteiger charge is -2.15. The number of esters is 1. The quantitative estimate of drug-likeness (QED) is 0.520. The molecule has 0 aromatic heterocycles. The maximum atomic E-state index is 11.4. The van der Waals surface area contributed by atoms with Crippen LogP contribution in [0.25, 0.3) is 0 Å². The fourth-order valence-corrected chi connectivity index (χ4v) is 1.38. The summed E-state index contributed by atoms with van der Waals surface area (Å²) < 4.78 is 4.86. The Morgan fingerprint density at radius 1 is 1.22 bits per heavy atom. The molecule has 0 spiro atoms. The molecule has 1 fully saturated rings. The molecule has 1 saturated heterocycles. The van der Waals surface area contributed by atoms with Crippen LogP contribution >= 0.6 is 0 Å². The van der Waals surface area contributed by atoms with Crippen LogP contribution in [-0.4, -0.2) is 34.9 Å². The first-order valence-corrected chi connectivity index (χ1v) is 5.70. The molecule has 18 heavy (non-hydrogen) atoms. The molecule has 100 valence electrons. The standard InChI is InChI=1S/C11H15NO6/c1-3-10(15)17-7(2)6-11(16)18-12-8(13)4-5-9(12)14/h7H,3-6H2,1-2H3. The van der Waals surface area contributed by atoms with Crippen LogP contribution in [0.4, 0.5) is 0 Å². The van der Waals surface area contributed by atoms with Crippen LogP contribution in [0, 0.1) is 0 Å². The van der Waals surface area contributed by atoms with Gasteiger partial charge in [0.1, 0.15) is 6.10 Å². The summed E-state index contributed by atoms with van der Waals surface area (Å²) in [6.07, 6.45) is -0.553. The van der Waals surface area contributed by atoms with Crippen LogP contribution in [0.2, 0.25) is 0 Å². The van der Waals surface area contributed by atoms with Gasteiger partial charge in [-0.05, 0) is 6.92 Å². The van der Waals surface area contributed by atoms with E-state index in [1.165, 1.54) is 6.92 Å². The molecule has 7 nitrogen and oxygen atoms in total. The van der Waals surface area contributed by atoms with E-state index in [0.717, 1.165) is 0 Å². The highest BCUT2D eigenvalue weighted by Gasteiger charge is 2.33. The molecule has 7 heteroatoms. The minimum absolute atomic E-state index is 0.0481. The molecule has 1 aliphatic rings. The second-order valence-corrected chi connectivity index (χ2v) is 3.90.